The lowest BCUT2D eigenvalue weighted by atomic mass is 10.1. The van der Waals surface area contributed by atoms with Crippen LogP contribution in [-0.2, 0) is 4.74 Å². The number of amides is 1. The van der Waals surface area contributed by atoms with Gasteiger partial charge in [-0.25, -0.2) is 0 Å². The van der Waals surface area contributed by atoms with E-state index in [0.29, 0.717) is 6.61 Å². The SMILES string of the molecule is Cc1cccc(C(=O)NC2CCOC2)c1I. The number of carbonyl (C=O) groups excluding carboxylic acids is 1. The first-order valence-corrected chi connectivity index (χ1v) is 6.40. The molecule has 0 bridgehead atoms. The molecule has 0 saturated carbocycles. The number of benzene rings is 1. The third-order valence-electron chi connectivity index (χ3n) is 2.70. The lowest BCUT2D eigenvalue weighted by molar-refractivity contribution is 0.0929. The highest BCUT2D eigenvalue weighted by Crippen LogP contribution is 2.17. The van der Waals surface area contributed by atoms with E-state index in [1.807, 2.05) is 25.1 Å². The van der Waals surface area contributed by atoms with E-state index in [2.05, 4.69) is 27.9 Å². The van der Waals surface area contributed by atoms with Crippen LogP contribution in [0.5, 0.6) is 0 Å². The maximum absolute atomic E-state index is 12.0. The van der Waals surface area contributed by atoms with Crippen LogP contribution in [0.15, 0.2) is 18.2 Å². The van der Waals surface area contributed by atoms with Gasteiger partial charge in [-0.2, -0.15) is 0 Å². The predicted molar refractivity (Wildman–Crippen MR) is 70.6 cm³/mol. The number of hydrogen-bond donors (Lipinski definition) is 1. The summed E-state index contributed by atoms with van der Waals surface area (Å²) in [6.45, 7) is 3.39. The number of ether oxygens (including phenoxy) is 1. The van der Waals surface area contributed by atoms with Crippen LogP contribution in [0.2, 0.25) is 0 Å². The molecule has 86 valence electrons. The molecule has 0 aliphatic carbocycles. The smallest absolute Gasteiger partial charge is 0.252 e. The molecule has 1 aliphatic heterocycles. The molecule has 2 rings (SSSR count). The summed E-state index contributed by atoms with van der Waals surface area (Å²) in [6.07, 6.45) is 0.911. The zero-order valence-electron chi connectivity index (χ0n) is 9.13. The van der Waals surface area contributed by atoms with E-state index >= 15 is 0 Å². The largest absolute Gasteiger partial charge is 0.379 e. The van der Waals surface area contributed by atoms with Gasteiger partial charge in [0.25, 0.3) is 5.91 Å². The first kappa shape index (κ1) is 11.9. The number of aryl methyl sites for hydroxylation is 1. The van der Waals surface area contributed by atoms with Gasteiger partial charge in [-0.1, -0.05) is 12.1 Å². The summed E-state index contributed by atoms with van der Waals surface area (Å²) in [5.74, 6) is 0.00333. The third-order valence-corrected chi connectivity index (χ3v) is 4.13. The van der Waals surface area contributed by atoms with Crippen molar-refractivity contribution < 1.29 is 9.53 Å². The zero-order valence-corrected chi connectivity index (χ0v) is 11.3. The van der Waals surface area contributed by atoms with Gasteiger partial charge in [0.15, 0.2) is 0 Å². The summed E-state index contributed by atoms with van der Waals surface area (Å²) in [6, 6.07) is 5.96. The number of carbonyl (C=O) groups is 1. The third kappa shape index (κ3) is 2.55. The van der Waals surface area contributed by atoms with Crippen LogP contribution in [0.25, 0.3) is 0 Å². The molecular formula is C12H14INO2. The average molecular weight is 331 g/mol. The summed E-state index contributed by atoms with van der Waals surface area (Å²) in [5, 5.41) is 2.99. The maximum Gasteiger partial charge on any atom is 0.252 e. The van der Waals surface area contributed by atoms with Crippen LogP contribution < -0.4 is 5.32 Å². The molecule has 16 heavy (non-hydrogen) atoms. The van der Waals surface area contributed by atoms with Crippen LogP contribution in [-0.4, -0.2) is 25.2 Å². The molecule has 0 radical (unpaired) electrons. The van der Waals surface area contributed by atoms with Crippen LogP contribution in [0, 0.1) is 10.5 Å². The van der Waals surface area contributed by atoms with Crippen molar-refractivity contribution in [2.75, 3.05) is 13.2 Å². The highest BCUT2D eigenvalue weighted by atomic mass is 127. The monoisotopic (exact) mass is 331 g/mol. The normalized spacial score (nSPS) is 19.8. The van der Waals surface area contributed by atoms with Crippen LogP contribution in [0.1, 0.15) is 22.3 Å². The first-order chi connectivity index (χ1) is 7.68. The molecule has 1 amide bonds. The summed E-state index contributed by atoms with van der Waals surface area (Å²) < 4.78 is 6.26. The van der Waals surface area contributed by atoms with Crippen LogP contribution in [0.3, 0.4) is 0 Å². The predicted octanol–water partition coefficient (Wildman–Crippen LogP) is 2.12. The number of hydrogen-bond acceptors (Lipinski definition) is 2. The second-order valence-corrected chi connectivity index (χ2v) is 5.05. The van der Waals surface area contributed by atoms with Crippen molar-refractivity contribution in [3.8, 4) is 0 Å². The Bertz CT molecular complexity index is 400. The Hall–Kier alpha value is -0.620. The number of halogens is 1. The van der Waals surface area contributed by atoms with E-state index in [-0.39, 0.29) is 11.9 Å². The van der Waals surface area contributed by atoms with E-state index in [9.17, 15) is 4.79 Å². The fourth-order valence-electron chi connectivity index (χ4n) is 1.73. The summed E-state index contributed by atoms with van der Waals surface area (Å²) >= 11 is 2.21. The van der Waals surface area contributed by atoms with E-state index in [0.717, 1.165) is 27.7 Å². The molecular weight excluding hydrogens is 317 g/mol. The minimum absolute atomic E-state index is 0.00333. The zero-order chi connectivity index (χ0) is 11.5. The van der Waals surface area contributed by atoms with Gasteiger partial charge in [-0.15, -0.1) is 0 Å². The van der Waals surface area contributed by atoms with Crippen molar-refractivity contribution in [2.24, 2.45) is 0 Å². The van der Waals surface area contributed by atoms with Gasteiger partial charge in [0.2, 0.25) is 0 Å². The van der Waals surface area contributed by atoms with Gasteiger partial charge < -0.3 is 10.1 Å². The fraction of sp³-hybridized carbons (Fsp3) is 0.417. The molecule has 1 aliphatic rings. The Morgan fingerprint density at radius 2 is 2.38 bits per heavy atom. The highest BCUT2D eigenvalue weighted by Gasteiger charge is 2.19. The van der Waals surface area contributed by atoms with Crippen molar-refractivity contribution in [3.05, 3.63) is 32.9 Å². The fourth-order valence-corrected chi connectivity index (χ4v) is 2.34. The molecule has 4 heteroatoms. The van der Waals surface area contributed by atoms with E-state index in [1.165, 1.54) is 0 Å². The topological polar surface area (TPSA) is 38.3 Å². The molecule has 1 atom stereocenters. The molecule has 0 aromatic heterocycles. The molecule has 1 saturated heterocycles. The Labute approximate surface area is 109 Å². The number of rotatable bonds is 2. The molecule has 0 spiro atoms. The van der Waals surface area contributed by atoms with Gasteiger partial charge in [-0.05, 0) is 47.6 Å². The second-order valence-electron chi connectivity index (χ2n) is 3.97. The van der Waals surface area contributed by atoms with Gasteiger partial charge in [0, 0.05) is 10.2 Å². The van der Waals surface area contributed by atoms with Gasteiger partial charge in [-0.3, -0.25) is 4.79 Å². The molecule has 3 nitrogen and oxygen atoms in total. The average Bonchev–Trinajstić information content (AvgIpc) is 2.74. The van der Waals surface area contributed by atoms with E-state index < -0.39 is 0 Å². The quantitative estimate of drug-likeness (QED) is 0.843. The van der Waals surface area contributed by atoms with Gasteiger partial charge in [0.1, 0.15) is 0 Å². The van der Waals surface area contributed by atoms with E-state index in [4.69, 9.17) is 4.74 Å². The maximum atomic E-state index is 12.0. The lowest BCUT2D eigenvalue weighted by Gasteiger charge is -2.12. The highest BCUT2D eigenvalue weighted by molar-refractivity contribution is 14.1. The van der Waals surface area contributed by atoms with Crippen LogP contribution >= 0.6 is 22.6 Å². The van der Waals surface area contributed by atoms with Gasteiger partial charge >= 0.3 is 0 Å². The standard InChI is InChI=1S/C12H14INO2/c1-8-3-2-4-10(11(8)13)12(15)14-9-5-6-16-7-9/h2-4,9H,5-7H2,1H3,(H,14,15). The van der Waals surface area contributed by atoms with Crippen molar-refractivity contribution in [1.82, 2.24) is 5.32 Å². The van der Waals surface area contributed by atoms with Crippen molar-refractivity contribution in [3.63, 3.8) is 0 Å². The second kappa shape index (κ2) is 5.14. The van der Waals surface area contributed by atoms with Crippen molar-refractivity contribution in [2.45, 2.75) is 19.4 Å². The summed E-state index contributed by atoms with van der Waals surface area (Å²) in [4.78, 5) is 12.0. The minimum atomic E-state index is 0.00333. The Kier molecular flexibility index (Phi) is 3.81. The molecule has 1 aromatic carbocycles. The molecule has 1 aromatic rings. The summed E-state index contributed by atoms with van der Waals surface area (Å²) in [5.41, 5.74) is 1.89. The Morgan fingerprint density at radius 1 is 1.56 bits per heavy atom. The Balaban J connectivity index is 2.11. The van der Waals surface area contributed by atoms with Crippen molar-refractivity contribution >= 4 is 28.5 Å². The van der Waals surface area contributed by atoms with Crippen molar-refractivity contribution in [1.29, 1.82) is 0 Å². The van der Waals surface area contributed by atoms with E-state index in [1.54, 1.807) is 0 Å². The minimum Gasteiger partial charge on any atom is -0.379 e. The molecule has 1 unspecified atom stereocenters. The number of nitrogens with one attached hydrogen (secondary N) is 1. The lowest BCUT2D eigenvalue weighted by Crippen LogP contribution is -2.35. The Morgan fingerprint density at radius 3 is 3.06 bits per heavy atom. The first-order valence-electron chi connectivity index (χ1n) is 5.32. The summed E-state index contributed by atoms with van der Waals surface area (Å²) in [7, 11) is 0. The molecule has 1 fully saturated rings. The van der Waals surface area contributed by atoms with Gasteiger partial charge in [0.05, 0.1) is 18.2 Å². The van der Waals surface area contributed by atoms with Crippen LogP contribution in [0.4, 0.5) is 0 Å². The molecule has 1 N–H and O–H groups in total. The molecule has 1 heterocycles.